The van der Waals surface area contributed by atoms with E-state index in [0.29, 0.717) is 6.42 Å². The van der Waals surface area contributed by atoms with Gasteiger partial charge in [-0.1, -0.05) is 6.92 Å². The number of rotatable bonds is 5. The summed E-state index contributed by atoms with van der Waals surface area (Å²) in [6, 6.07) is 0.929. The maximum Gasteiger partial charge on any atom is 0.219 e. The van der Waals surface area contributed by atoms with Crippen LogP contribution in [0.3, 0.4) is 0 Å². The molecule has 2 fully saturated rings. The lowest BCUT2D eigenvalue weighted by atomic mass is 10.1. The summed E-state index contributed by atoms with van der Waals surface area (Å²) in [7, 11) is 0. The number of carbonyl (C=O) groups excluding carboxylic acids is 1. The fourth-order valence-corrected chi connectivity index (χ4v) is 3.08. The molecule has 0 atom stereocenters. The summed E-state index contributed by atoms with van der Waals surface area (Å²) in [4.78, 5) is 11.2. The van der Waals surface area contributed by atoms with E-state index in [-0.39, 0.29) is 5.91 Å². The SMILES string of the molecule is CCC(=O)NCC[N+]1(C2CC2)CCCCC1. The predicted molar refractivity (Wildman–Crippen MR) is 65.0 cm³/mol. The van der Waals surface area contributed by atoms with Crippen LogP contribution < -0.4 is 5.32 Å². The zero-order chi connectivity index (χ0) is 11.4. The lowest BCUT2D eigenvalue weighted by Crippen LogP contribution is -2.56. The molecule has 1 heterocycles. The van der Waals surface area contributed by atoms with E-state index >= 15 is 0 Å². The fourth-order valence-electron chi connectivity index (χ4n) is 3.08. The molecule has 1 aliphatic heterocycles. The quantitative estimate of drug-likeness (QED) is 0.709. The van der Waals surface area contributed by atoms with Crippen LogP contribution in [0.2, 0.25) is 0 Å². The Bertz CT molecular complexity index is 242. The molecule has 0 aromatic carbocycles. The van der Waals surface area contributed by atoms with Crippen molar-refractivity contribution in [1.82, 2.24) is 5.32 Å². The van der Waals surface area contributed by atoms with E-state index in [1.54, 1.807) is 0 Å². The molecular formula is C13H25N2O+. The lowest BCUT2D eigenvalue weighted by molar-refractivity contribution is -0.941. The first-order valence-corrected chi connectivity index (χ1v) is 6.89. The second-order valence-corrected chi connectivity index (χ2v) is 5.38. The highest BCUT2D eigenvalue weighted by atomic mass is 16.1. The molecule has 1 N–H and O–H groups in total. The number of quaternary nitrogens is 1. The van der Waals surface area contributed by atoms with Gasteiger partial charge in [0, 0.05) is 19.3 Å². The van der Waals surface area contributed by atoms with Crippen molar-refractivity contribution in [3.63, 3.8) is 0 Å². The van der Waals surface area contributed by atoms with Gasteiger partial charge >= 0.3 is 0 Å². The summed E-state index contributed by atoms with van der Waals surface area (Å²) in [6.45, 7) is 6.67. The lowest BCUT2D eigenvalue weighted by Gasteiger charge is -2.42. The number of nitrogens with zero attached hydrogens (tertiary/aromatic N) is 1. The number of piperidine rings is 1. The second kappa shape index (κ2) is 5.17. The second-order valence-electron chi connectivity index (χ2n) is 5.38. The third-order valence-corrected chi connectivity index (χ3v) is 4.23. The van der Waals surface area contributed by atoms with Gasteiger partial charge in [-0.2, -0.15) is 0 Å². The molecule has 1 saturated carbocycles. The van der Waals surface area contributed by atoms with Gasteiger partial charge < -0.3 is 9.80 Å². The molecule has 16 heavy (non-hydrogen) atoms. The average molecular weight is 225 g/mol. The van der Waals surface area contributed by atoms with Crippen molar-refractivity contribution >= 4 is 5.91 Å². The molecule has 0 unspecified atom stereocenters. The van der Waals surface area contributed by atoms with Gasteiger partial charge in [-0.05, 0) is 19.3 Å². The topological polar surface area (TPSA) is 29.1 Å². The van der Waals surface area contributed by atoms with Crippen LogP contribution >= 0.6 is 0 Å². The van der Waals surface area contributed by atoms with Gasteiger partial charge in [-0.3, -0.25) is 4.79 Å². The summed E-state index contributed by atoms with van der Waals surface area (Å²) in [6.07, 6.45) is 7.64. The first kappa shape index (κ1) is 11.9. The summed E-state index contributed by atoms with van der Waals surface area (Å²) in [5.41, 5.74) is 0. The number of carbonyl (C=O) groups is 1. The van der Waals surface area contributed by atoms with Crippen LogP contribution in [0, 0.1) is 0 Å². The van der Waals surface area contributed by atoms with Crippen LogP contribution in [-0.4, -0.2) is 42.6 Å². The molecule has 0 aromatic heterocycles. The van der Waals surface area contributed by atoms with Crippen molar-refractivity contribution in [3.05, 3.63) is 0 Å². The van der Waals surface area contributed by atoms with E-state index in [0.717, 1.165) is 19.1 Å². The van der Waals surface area contributed by atoms with E-state index in [9.17, 15) is 4.79 Å². The minimum atomic E-state index is 0.200. The summed E-state index contributed by atoms with van der Waals surface area (Å²) in [5, 5.41) is 3.03. The zero-order valence-electron chi connectivity index (χ0n) is 10.5. The van der Waals surface area contributed by atoms with E-state index in [4.69, 9.17) is 0 Å². The van der Waals surface area contributed by atoms with E-state index in [2.05, 4.69) is 5.32 Å². The van der Waals surface area contributed by atoms with Crippen molar-refractivity contribution in [2.45, 2.75) is 51.5 Å². The van der Waals surface area contributed by atoms with Crippen LogP contribution in [0.4, 0.5) is 0 Å². The number of likely N-dealkylation sites (tertiary alicyclic amines) is 1. The smallest absolute Gasteiger partial charge is 0.219 e. The van der Waals surface area contributed by atoms with Gasteiger partial charge in [0.05, 0.1) is 32.2 Å². The Morgan fingerprint density at radius 1 is 1.25 bits per heavy atom. The van der Waals surface area contributed by atoms with Gasteiger partial charge in [-0.15, -0.1) is 0 Å². The molecule has 0 aromatic rings. The number of amides is 1. The molecule has 1 amide bonds. The number of hydrogen-bond acceptors (Lipinski definition) is 1. The van der Waals surface area contributed by atoms with Crippen LogP contribution in [0.15, 0.2) is 0 Å². The van der Waals surface area contributed by atoms with Gasteiger partial charge in [0.15, 0.2) is 0 Å². The van der Waals surface area contributed by atoms with Crippen molar-refractivity contribution in [3.8, 4) is 0 Å². The monoisotopic (exact) mass is 225 g/mol. The van der Waals surface area contributed by atoms with Gasteiger partial charge in [0.1, 0.15) is 0 Å². The first-order chi connectivity index (χ1) is 7.77. The highest BCUT2D eigenvalue weighted by Crippen LogP contribution is 2.36. The molecule has 92 valence electrons. The van der Waals surface area contributed by atoms with Gasteiger partial charge in [0.2, 0.25) is 5.91 Å². The Morgan fingerprint density at radius 3 is 2.50 bits per heavy atom. The Kier molecular flexibility index (Phi) is 3.85. The third-order valence-electron chi connectivity index (χ3n) is 4.23. The number of nitrogens with one attached hydrogen (secondary N) is 1. The van der Waals surface area contributed by atoms with E-state index in [1.807, 2.05) is 6.92 Å². The van der Waals surface area contributed by atoms with Gasteiger partial charge in [-0.25, -0.2) is 0 Å². The van der Waals surface area contributed by atoms with E-state index < -0.39 is 0 Å². The average Bonchev–Trinajstić information content (AvgIpc) is 3.14. The molecule has 2 aliphatic rings. The number of hydrogen-bond donors (Lipinski definition) is 1. The molecule has 0 radical (unpaired) electrons. The highest BCUT2D eigenvalue weighted by molar-refractivity contribution is 5.75. The maximum atomic E-state index is 11.2. The Hall–Kier alpha value is -0.570. The summed E-state index contributed by atoms with van der Waals surface area (Å²) < 4.78 is 1.31. The van der Waals surface area contributed by atoms with Crippen molar-refractivity contribution in [2.75, 3.05) is 26.2 Å². The molecule has 0 bridgehead atoms. The molecular weight excluding hydrogens is 200 g/mol. The van der Waals surface area contributed by atoms with E-state index in [1.165, 1.54) is 49.7 Å². The van der Waals surface area contributed by atoms with Gasteiger partial charge in [0.25, 0.3) is 0 Å². The Morgan fingerprint density at radius 2 is 1.94 bits per heavy atom. The van der Waals surface area contributed by atoms with Crippen LogP contribution in [0.1, 0.15) is 45.4 Å². The predicted octanol–water partition coefficient (Wildman–Crippen LogP) is 1.68. The van der Waals surface area contributed by atoms with Crippen LogP contribution in [0.25, 0.3) is 0 Å². The molecule has 0 spiro atoms. The van der Waals surface area contributed by atoms with Crippen molar-refractivity contribution in [2.24, 2.45) is 0 Å². The Balaban J connectivity index is 1.80. The minimum absolute atomic E-state index is 0.200. The molecule has 1 aliphatic carbocycles. The molecule has 3 heteroatoms. The molecule has 2 rings (SSSR count). The first-order valence-electron chi connectivity index (χ1n) is 6.89. The maximum absolute atomic E-state index is 11.2. The van der Waals surface area contributed by atoms with Crippen LogP contribution in [-0.2, 0) is 4.79 Å². The molecule has 3 nitrogen and oxygen atoms in total. The zero-order valence-corrected chi connectivity index (χ0v) is 10.5. The highest BCUT2D eigenvalue weighted by Gasteiger charge is 2.44. The fraction of sp³-hybridized carbons (Fsp3) is 0.923. The third kappa shape index (κ3) is 2.76. The molecule has 1 saturated heterocycles. The standard InChI is InChI=1S/C13H24N2O/c1-2-13(16)14-8-11-15(12-6-7-12)9-4-3-5-10-15/h12H,2-11H2,1H3/p+1. The van der Waals surface area contributed by atoms with Crippen molar-refractivity contribution < 1.29 is 9.28 Å². The minimum Gasteiger partial charge on any atom is -0.350 e. The van der Waals surface area contributed by atoms with Crippen LogP contribution in [0.5, 0.6) is 0 Å². The van der Waals surface area contributed by atoms with Crippen molar-refractivity contribution in [1.29, 1.82) is 0 Å². The summed E-state index contributed by atoms with van der Waals surface area (Å²) >= 11 is 0. The largest absolute Gasteiger partial charge is 0.350 e. The Labute approximate surface area is 98.8 Å². The summed E-state index contributed by atoms with van der Waals surface area (Å²) in [5.74, 6) is 0.200. The normalized spacial score (nSPS) is 24.1.